The summed E-state index contributed by atoms with van der Waals surface area (Å²) in [7, 11) is 3.61. The van der Waals surface area contributed by atoms with Gasteiger partial charge in [0, 0.05) is 18.9 Å². The quantitative estimate of drug-likeness (QED) is 0.561. The molecule has 7 nitrogen and oxygen atoms in total. The Balaban J connectivity index is 2.34. The van der Waals surface area contributed by atoms with Gasteiger partial charge in [-0.3, -0.25) is 4.79 Å². The highest BCUT2D eigenvalue weighted by Crippen LogP contribution is 2.29. The van der Waals surface area contributed by atoms with Crippen LogP contribution in [0.2, 0.25) is 0 Å². The molecule has 0 radical (unpaired) electrons. The number of hydrogen-bond acceptors (Lipinski definition) is 7. The highest BCUT2D eigenvalue weighted by atomic mass is 16.5. The Morgan fingerprint density at radius 2 is 1.42 bits per heavy atom. The first-order valence-corrected chi connectivity index (χ1v) is 7.99. The molecule has 0 aliphatic carbocycles. The lowest BCUT2D eigenvalue weighted by Gasteiger charge is -2.28. The van der Waals surface area contributed by atoms with Crippen LogP contribution in [0, 0.1) is 5.92 Å². The van der Waals surface area contributed by atoms with Gasteiger partial charge >= 0.3 is 17.9 Å². The summed E-state index contributed by atoms with van der Waals surface area (Å²) in [4.78, 5) is 38.2. The molecule has 0 unspecified atom stereocenters. The average molecular weight is 359 g/mol. The van der Waals surface area contributed by atoms with Crippen LogP contribution in [0.5, 0.6) is 0 Å². The zero-order valence-corrected chi connectivity index (χ0v) is 14.9. The van der Waals surface area contributed by atoms with Crippen molar-refractivity contribution in [3.05, 3.63) is 59.4 Å². The summed E-state index contributed by atoms with van der Waals surface area (Å²) in [5.41, 5.74) is 1.15. The molecule has 0 fully saturated rings. The number of benzene rings is 1. The third-order valence-corrected chi connectivity index (χ3v) is 4.01. The van der Waals surface area contributed by atoms with Crippen LogP contribution in [0.4, 0.5) is 0 Å². The molecule has 0 bridgehead atoms. The van der Waals surface area contributed by atoms with Gasteiger partial charge in [-0.25, -0.2) is 9.59 Å². The first-order valence-electron chi connectivity index (χ1n) is 7.99. The Bertz CT molecular complexity index is 704. The van der Waals surface area contributed by atoms with Crippen molar-refractivity contribution in [1.29, 1.82) is 0 Å². The topological polar surface area (TPSA) is 82.1 Å². The molecule has 1 aliphatic heterocycles. The molecular weight excluding hydrogens is 338 g/mol. The van der Waals surface area contributed by atoms with E-state index in [1.807, 2.05) is 30.3 Å². The van der Waals surface area contributed by atoms with Crippen molar-refractivity contribution in [2.45, 2.75) is 6.42 Å². The van der Waals surface area contributed by atoms with Crippen molar-refractivity contribution in [1.82, 2.24) is 4.90 Å². The van der Waals surface area contributed by atoms with Gasteiger partial charge in [0.25, 0.3) is 0 Å². The lowest BCUT2D eigenvalue weighted by molar-refractivity contribution is -0.148. The van der Waals surface area contributed by atoms with Gasteiger partial charge in [0.15, 0.2) is 0 Å². The first kappa shape index (κ1) is 19.2. The SMILES string of the molecule is COC(=O)C1=CN(CCc2ccccc2)C=C(C(=O)OC)C1C(=O)OC. The first-order chi connectivity index (χ1) is 12.5. The Hall–Kier alpha value is -3.09. The van der Waals surface area contributed by atoms with E-state index in [4.69, 9.17) is 14.2 Å². The van der Waals surface area contributed by atoms with Crippen LogP contribution in [-0.2, 0) is 35.0 Å². The van der Waals surface area contributed by atoms with Crippen molar-refractivity contribution < 1.29 is 28.6 Å². The van der Waals surface area contributed by atoms with Gasteiger partial charge in [-0.1, -0.05) is 30.3 Å². The Kier molecular flexibility index (Phi) is 6.54. The summed E-state index contributed by atoms with van der Waals surface area (Å²) in [5.74, 6) is -3.34. The van der Waals surface area contributed by atoms with E-state index in [1.165, 1.54) is 33.7 Å². The van der Waals surface area contributed by atoms with E-state index in [0.29, 0.717) is 13.0 Å². The maximum Gasteiger partial charge on any atom is 0.336 e. The largest absolute Gasteiger partial charge is 0.468 e. The normalized spacial score (nSPS) is 14.2. The fraction of sp³-hybridized carbons (Fsp3) is 0.316. The minimum absolute atomic E-state index is 0.0234. The molecule has 1 aliphatic rings. The standard InChI is InChI=1S/C19H21NO6/c1-24-17(21)14-11-20(10-9-13-7-5-4-6-8-13)12-15(18(22)25-2)16(14)19(23)26-3/h4-8,11-12,16H,9-10H2,1-3H3. The van der Waals surface area contributed by atoms with Gasteiger partial charge < -0.3 is 19.1 Å². The Morgan fingerprint density at radius 1 is 0.885 bits per heavy atom. The zero-order valence-electron chi connectivity index (χ0n) is 14.9. The van der Waals surface area contributed by atoms with E-state index >= 15 is 0 Å². The highest BCUT2D eigenvalue weighted by molar-refractivity contribution is 6.04. The average Bonchev–Trinajstić information content (AvgIpc) is 2.70. The zero-order chi connectivity index (χ0) is 19.1. The fourth-order valence-electron chi connectivity index (χ4n) is 2.69. The molecule has 0 saturated carbocycles. The van der Waals surface area contributed by atoms with E-state index in [1.54, 1.807) is 4.90 Å². The van der Waals surface area contributed by atoms with Crippen LogP contribution in [0.25, 0.3) is 0 Å². The second kappa shape index (κ2) is 8.84. The summed E-state index contributed by atoms with van der Waals surface area (Å²) in [6.07, 6.45) is 3.69. The van der Waals surface area contributed by atoms with Crippen molar-refractivity contribution in [3.8, 4) is 0 Å². The predicted octanol–water partition coefficient (Wildman–Crippen LogP) is 1.45. The molecule has 2 rings (SSSR count). The van der Waals surface area contributed by atoms with Gasteiger partial charge in [0.1, 0.15) is 5.92 Å². The maximum absolute atomic E-state index is 12.2. The lowest BCUT2D eigenvalue weighted by Crippen LogP contribution is -2.35. The third kappa shape index (κ3) is 4.30. The minimum atomic E-state index is -1.19. The molecule has 1 aromatic carbocycles. The summed E-state index contributed by atoms with van der Waals surface area (Å²) in [6.45, 7) is 0.499. The van der Waals surface area contributed by atoms with Crippen molar-refractivity contribution in [2.75, 3.05) is 27.9 Å². The number of ether oxygens (including phenoxy) is 3. The van der Waals surface area contributed by atoms with Crippen LogP contribution in [0.15, 0.2) is 53.9 Å². The van der Waals surface area contributed by atoms with Crippen LogP contribution < -0.4 is 0 Å². The molecule has 0 atom stereocenters. The van der Waals surface area contributed by atoms with E-state index in [9.17, 15) is 14.4 Å². The van der Waals surface area contributed by atoms with Crippen LogP contribution in [0.1, 0.15) is 5.56 Å². The van der Waals surface area contributed by atoms with Crippen LogP contribution in [-0.4, -0.2) is 50.7 Å². The molecule has 26 heavy (non-hydrogen) atoms. The monoisotopic (exact) mass is 359 g/mol. The molecule has 0 aromatic heterocycles. The number of rotatable bonds is 6. The molecule has 1 heterocycles. The molecule has 0 spiro atoms. The molecule has 1 aromatic rings. The van der Waals surface area contributed by atoms with Crippen LogP contribution in [0.3, 0.4) is 0 Å². The number of methoxy groups -OCH3 is 3. The van der Waals surface area contributed by atoms with E-state index in [0.717, 1.165) is 5.56 Å². The number of carbonyl (C=O) groups excluding carboxylic acids is 3. The van der Waals surface area contributed by atoms with E-state index < -0.39 is 23.8 Å². The number of esters is 3. The van der Waals surface area contributed by atoms with Crippen molar-refractivity contribution in [3.63, 3.8) is 0 Å². The van der Waals surface area contributed by atoms with Crippen molar-refractivity contribution in [2.24, 2.45) is 5.92 Å². The minimum Gasteiger partial charge on any atom is -0.468 e. The number of hydrogen-bond donors (Lipinski definition) is 0. The lowest BCUT2D eigenvalue weighted by atomic mass is 9.89. The molecule has 0 N–H and O–H groups in total. The molecule has 138 valence electrons. The van der Waals surface area contributed by atoms with E-state index in [-0.39, 0.29) is 11.1 Å². The van der Waals surface area contributed by atoms with Gasteiger partial charge in [-0.05, 0) is 12.0 Å². The van der Waals surface area contributed by atoms with Gasteiger partial charge in [0.05, 0.1) is 32.5 Å². The van der Waals surface area contributed by atoms with Crippen LogP contribution >= 0.6 is 0 Å². The Labute approximate surface area is 151 Å². The smallest absolute Gasteiger partial charge is 0.336 e. The maximum atomic E-state index is 12.2. The second-order valence-electron chi connectivity index (χ2n) is 5.58. The number of nitrogens with zero attached hydrogens (tertiary/aromatic N) is 1. The number of carbonyl (C=O) groups is 3. The fourth-order valence-corrected chi connectivity index (χ4v) is 2.69. The molecule has 0 amide bonds. The molecule has 0 saturated heterocycles. The summed E-state index contributed by atoms with van der Waals surface area (Å²) in [5, 5.41) is 0. The Morgan fingerprint density at radius 3 is 1.88 bits per heavy atom. The van der Waals surface area contributed by atoms with Gasteiger partial charge in [0.2, 0.25) is 0 Å². The third-order valence-electron chi connectivity index (χ3n) is 4.01. The van der Waals surface area contributed by atoms with E-state index in [2.05, 4.69) is 0 Å². The highest BCUT2D eigenvalue weighted by Gasteiger charge is 2.39. The summed E-state index contributed by atoms with van der Waals surface area (Å²) >= 11 is 0. The predicted molar refractivity (Wildman–Crippen MR) is 92.6 cm³/mol. The van der Waals surface area contributed by atoms with Gasteiger partial charge in [-0.2, -0.15) is 0 Å². The molecular formula is C19H21NO6. The van der Waals surface area contributed by atoms with Crippen molar-refractivity contribution >= 4 is 17.9 Å². The van der Waals surface area contributed by atoms with Gasteiger partial charge in [-0.15, -0.1) is 0 Å². The second-order valence-corrected chi connectivity index (χ2v) is 5.58. The molecule has 7 heteroatoms. The summed E-state index contributed by atoms with van der Waals surface area (Å²) < 4.78 is 14.3. The summed E-state index contributed by atoms with van der Waals surface area (Å²) in [6, 6.07) is 9.76.